The fraction of sp³-hybridized carbons (Fsp3) is 0.333. The van der Waals surface area contributed by atoms with Crippen LogP contribution < -0.4 is 10.6 Å². The molecule has 396 valence electrons. The molecule has 4 aromatic carbocycles. The molecule has 2 aromatic heterocycles. The maximum Gasteiger partial charge on any atom is 0.340 e. The number of aromatic nitrogens is 4. The summed E-state index contributed by atoms with van der Waals surface area (Å²) in [6, 6.07) is 29.4. The Morgan fingerprint density at radius 2 is 1.01 bits per heavy atom. The number of aliphatic hydroxyl groups is 3. The number of halogens is 8. The number of anilines is 2. The van der Waals surface area contributed by atoms with Gasteiger partial charge in [-0.15, -0.1) is 0 Å². The summed E-state index contributed by atoms with van der Waals surface area (Å²) in [5.74, 6) is -7.64. The van der Waals surface area contributed by atoms with Gasteiger partial charge in [0.25, 0.3) is 11.7 Å². The van der Waals surface area contributed by atoms with Crippen molar-refractivity contribution >= 4 is 128 Å². The van der Waals surface area contributed by atoms with Gasteiger partial charge in [0.2, 0.25) is 10.6 Å². The molecule has 31 heteroatoms. The van der Waals surface area contributed by atoms with Crippen LogP contribution in [0.15, 0.2) is 97.1 Å². The predicted octanol–water partition coefficient (Wildman–Crippen LogP) is 10.7. The Morgan fingerprint density at radius 3 is 1.38 bits per heavy atom. The predicted molar refractivity (Wildman–Crippen MR) is 277 cm³/mol. The molecular weight excluding hydrogens is 1170 g/mol. The van der Waals surface area contributed by atoms with E-state index in [0.717, 1.165) is 16.5 Å². The van der Waals surface area contributed by atoms with Crippen LogP contribution in [0.3, 0.4) is 0 Å². The van der Waals surface area contributed by atoms with Crippen molar-refractivity contribution in [3.63, 3.8) is 0 Å². The molecule has 0 radical (unpaired) electrons. The van der Waals surface area contributed by atoms with Crippen molar-refractivity contribution in [3.8, 4) is 0 Å². The Bertz CT molecular complexity index is 3030. The molecule has 1 unspecified atom stereocenters. The highest BCUT2D eigenvalue weighted by Crippen LogP contribution is 2.72. The van der Waals surface area contributed by atoms with Crippen molar-refractivity contribution in [1.82, 2.24) is 19.9 Å². The van der Waals surface area contributed by atoms with Crippen molar-refractivity contribution in [2.45, 2.75) is 62.1 Å². The molecule has 0 bridgehead atoms. The number of hydrogen-bond acceptors (Lipinski definition) is 16. The third-order valence-corrected chi connectivity index (χ3v) is 20.9. The first kappa shape index (κ1) is 59.6. The molecule has 0 aliphatic carbocycles. The fourth-order valence-corrected chi connectivity index (χ4v) is 19.2. The average molecular weight is 1220 g/mol. The van der Waals surface area contributed by atoms with E-state index in [9.17, 15) is 47.3 Å². The monoisotopic (exact) mass is 1210 g/mol. The molecule has 19 nitrogen and oxygen atoms in total. The summed E-state index contributed by atoms with van der Waals surface area (Å²) in [5, 5.41) is 37.1. The second-order valence-electron chi connectivity index (χ2n) is 16.2. The van der Waals surface area contributed by atoms with Crippen molar-refractivity contribution in [1.29, 1.82) is 0 Å². The summed E-state index contributed by atoms with van der Waals surface area (Å²) >= 11 is 32.2. The van der Waals surface area contributed by atoms with E-state index in [4.69, 9.17) is 87.4 Å². The second kappa shape index (κ2) is 25.6. The minimum Gasteiger partial charge on any atom is -0.394 e. The zero-order chi connectivity index (χ0) is 53.5. The normalized spacial score (nSPS) is 23.0. The first-order valence-corrected chi connectivity index (χ1v) is 32.9. The number of aliphatic hydroxyl groups excluding tert-OH is 3. The van der Waals surface area contributed by atoms with E-state index >= 15 is 0 Å². The number of alkyl halides is 2. The molecule has 0 spiro atoms. The third kappa shape index (κ3) is 17.7. The van der Waals surface area contributed by atoms with E-state index in [1.165, 1.54) is 6.07 Å². The van der Waals surface area contributed by atoms with Crippen LogP contribution in [0.4, 0.5) is 20.4 Å². The molecule has 4 heterocycles. The van der Waals surface area contributed by atoms with E-state index in [1.54, 1.807) is 30.3 Å². The lowest BCUT2D eigenvalue weighted by atomic mass is 10.0. The summed E-state index contributed by atoms with van der Waals surface area (Å²) < 4.78 is 88.7. The van der Waals surface area contributed by atoms with Crippen molar-refractivity contribution in [2.75, 3.05) is 35.7 Å². The second-order valence-corrected chi connectivity index (χ2v) is 31.9. The molecule has 0 amide bonds. The highest BCUT2D eigenvalue weighted by Gasteiger charge is 2.47. The molecule has 8 N–H and O–H groups in total. The van der Waals surface area contributed by atoms with Gasteiger partial charge in [0.05, 0.1) is 24.2 Å². The lowest BCUT2D eigenvalue weighted by Crippen LogP contribution is -2.31. The Labute approximate surface area is 444 Å². The summed E-state index contributed by atoms with van der Waals surface area (Å²) in [6.07, 6.45) is -11.2. The van der Waals surface area contributed by atoms with Gasteiger partial charge in [-0.25, -0.2) is 28.7 Å². The van der Waals surface area contributed by atoms with Crippen LogP contribution in [-0.4, -0.2) is 112 Å². The van der Waals surface area contributed by atoms with Gasteiger partial charge < -0.3 is 54.6 Å². The van der Waals surface area contributed by atoms with Crippen LogP contribution in [0, 0.1) is 0 Å². The van der Waals surface area contributed by atoms with Gasteiger partial charge in [0, 0.05) is 23.9 Å². The molecule has 9 atom stereocenters. The Kier molecular flexibility index (Phi) is 20.9. The summed E-state index contributed by atoms with van der Waals surface area (Å²) in [6.45, 7) is -0.157. The molecule has 2 aliphatic heterocycles. The molecule has 2 fully saturated rings. The van der Waals surface area contributed by atoms with Gasteiger partial charge in [0.15, 0.2) is 18.2 Å². The zero-order valence-corrected chi connectivity index (χ0v) is 45.4. The Hall–Kier alpha value is -2.68. The lowest BCUT2D eigenvalue weighted by molar-refractivity contribution is -0.0225. The van der Waals surface area contributed by atoms with Gasteiger partial charge in [-0.1, -0.05) is 72.8 Å². The van der Waals surface area contributed by atoms with Gasteiger partial charge in [-0.05, 0) is 115 Å². The number of nitrogens with zero attached hydrogens (tertiary/aromatic N) is 4. The molecule has 0 saturated carbocycles. The first-order chi connectivity index (χ1) is 34.2. The smallest absolute Gasteiger partial charge is 0.340 e. The van der Waals surface area contributed by atoms with Crippen molar-refractivity contribution in [2.24, 2.45) is 0 Å². The number of benzene rings is 4. The summed E-state index contributed by atoms with van der Waals surface area (Å²) in [5.41, 5.74) is 3.87. The van der Waals surface area contributed by atoms with E-state index in [0.29, 0.717) is 52.3 Å². The van der Waals surface area contributed by atoms with Crippen LogP contribution in [0.2, 0.25) is 10.6 Å². The zero-order valence-electron chi connectivity index (χ0n) is 37.2. The maximum absolute atomic E-state index is 14.9. The van der Waals surface area contributed by atoms with Crippen LogP contribution in [-0.2, 0) is 45.3 Å². The average Bonchev–Trinajstić information content (AvgIpc) is 3.76. The first-order valence-electron chi connectivity index (χ1n) is 21.2. The standard InChI is InChI=1S/C21H23ClFN3O8P2.C20H19ClFN3O3.CH2Cl4O2P2/c22-21-25-15-8-13(6-7-14(15)20(26-21)24-9-12-4-2-1-3-5-12)19-17(23)18(27)16(34-19)10-33-36(31,32)11-35(28,29)30;21-20-24-14-8-12(18-16(22)17(27)15(10-26)28-18)6-7-13(14)19(25-20)23-9-11-4-2-1-3-5-11;2-8(3,6)1-9(4,5)7/h1-8,16-19,27H,9-11H2,(H,31,32)(H,24,25,26)(H2,28,29,30);1-8,15-18,26-27H,9-10H2,(H,23,24,25);1H2/t16-,17+,18-,19+;15-,16+,17-,18+;/m11./s1. The van der Waals surface area contributed by atoms with E-state index in [1.807, 2.05) is 60.7 Å². The summed E-state index contributed by atoms with van der Waals surface area (Å²) in [4.78, 5) is 44.3. The van der Waals surface area contributed by atoms with Gasteiger partial charge >= 0.3 is 15.2 Å². The highest BCUT2D eigenvalue weighted by atomic mass is 35.9. The van der Waals surface area contributed by atoms with Crippen molar-refractivity contribution in [3.05, 3.63) is 130 Å². The van der Waals surface area contributed by atoms with Crippen LogP contribution in [0.5, 0.6) is 0 Å². The minimum absolute atomic E-state index is 0.0329. The van der Waals surface area contributed by atoms with E-state index in [2.05, 4.69) is 35.1 Å². The SMILES string of the molecule is O=P(Cl)(Cl)CP(=O)(Cl)Cl.O=P(O)(O)CP(=O)(O)OC[C@H]1O[C@@H](c2ccc3c(NCc4ccccc4)nc(Cl)nc3c2)[C@@H](F)[C@@H]1O.OC[C@H]1O[C@@H](c2ccc3c(NCc4ccccc4)nc(Cl)nc3c2)[C@@H](F)[C@@H]1O. The Balaban J connectivity index is 0.000000208. The largest absolute Gasteiger partial charge is 0.394 e. The lowest BCUT2D eigenvalue weighted by Gasteiger charge is -2.18. The Morgan fingerprint density at radius 1 is 0.603 bits per heavy atom. The maximum atomic E-state index is 14.9. The van der Waals surface area contributed by atoms with Crippen LogP contribution in [0.1, 0.15) is 34.5 Å². The van der Waals surface area contributed by atoms with Gasteiger partial charge in [-0.3, -0.25) is 18.3 Å². The highest BCUT2D eigenvalue weighted by molar-refractivity contribution is 8.21. The topological polar surface area (TPSA) is 293 Å². The molecule has 6 aromatic rings. The molecule has 8 rings (SSSR count). The number of hydrogen-bond donors (Lipinski definition) is 8. The van der Waals surface area contributed by atoms with Crippen LogP contribution >= 0.6 is 95.1 Å². The van der Waals surface area contributed by atoms with Crippen molar-refractivity contribution < 1.29 is 71.0 Å². The summed E-state index contributed by atoms with van der Waals surface area (Å²) in [7, 11) is -9.53. The van der Waals surface area contributed by atoms with Gasteiger partial charge in [-0.2, -0.15) is 0 Å². The quantitative estimate of drug-likeness (QED) is 0.0330. The number of ether oxygens (including phenoxy) is 2. The number of fused-ring (bicyclic) bond motifs is 2. The number of rotatable bonds is 16. The van der Waals surface area contributed by atoms with E-state index < -0.39 is 101 Å². The third-order valence-electron chi connectivity index (χ3n) is 10.6. The van der Waals surface area contributed by atoms with Crippen LogP contribution in [0.25, 0.3) is 21.8 Å². The molecule has 2 aliphatic rings. The number of nitrogens with one attached hydrogen (secondary N) is 2. The molecule has 73 heavy (non-hydrogen) atoms. The fourth-order valence-electron chi connectivity index (χ4n) is 7.35. The minimum atomic E-state index is -4.83. The molecular formula is C42H44Cl6F2N6O13P4. The van der Waals surface area contributed by atoms with E-state index in [-0.39, 0.29) is 10.6 Å². The van der Waals surface area contributed by atoms with Gasteiger partial charge in [0.1, 0.15) is 54.2 Å². The molecule has 2 saturated heterocycles.